The first-order valence-electron chi connectivity index (χ1n) is 12.8. The number of amides is 1. The molecule has 0 aliphatic carbocycles. The van der Waals surface area contributed by atoms with Gasteiger partial charge in [-0.05, 0) is 54.0 Å². The first-order chi connectivity index (χ1) is 17.5. The Balaban J connectivity index is 1.38. The highest BCUT2D eigenvalue weighted by atomic mass is 16.8. The van der Waals surface area contributed by atoms with E-state index in [0.29, 0.717) is 43.2 Å². The lowest BCUT2D eigenvalue weighted by Gasteiger charge is -2.29. The van der Waals surface area contributed by atoms with Gasteiger partial charge in [0.25, 0.3) is 0 Å². The van der Waals surface area contributed by atoms with Gasteiger partial charge in [0.1, 0.15) is 35.8 Å². The summed E-state index contributed by atoms with van der Waals surface area (Å²) in [5.41, 5.74) is 12.5. The highest BCUT2D eigenvalue weighted by Crippen LogP contribution is 2.44. The van der Waals surface area contributed by atoms with Gasteiger partial charge in [0.15, 0.2) is 23.5 Å². The second-order valence-electron chi connectivity index (χ2n) is 10.9. The van der Waals surface area contributed by atoms with Gasteiger partial charge in [-0.1, -0.05) is 0 Å². The summed E-state index contributed by atoms with van der Waals surface area (Å²) in [4.78, 5) is 26.9. The van der Waals surface area contributed by atoms with Gasteiger partial charge in [-0.2, -0.15) is 0 Å². The molecule has 206 valence electrons. The average Bonchev–Trinajstić information content (AvgIpc) is 3.44. The first-order valence-corrected chi connectivity index (χ1v) is 12.8. The number of aromatic nitrogens is 4. The molecule has 13 nitrogen and oxygen atoms in total. The molecule has 0 radical (unpaired) electrons. The van der Waals surface area contributed by atoms with Crippen molar-refractivity contribution in [2.24, 2.45) is 5.73 Å². The van der Waals surface area contributed by atoms with Gasteiger partial charge < -0.3 is 35.7 Å². The number of fused-ring (bicyclic) bond motifs is 2. The van der Waals surface area contributed by atoms with E-state index in [2.05, 4.69) is 25.2 Å². The van der Waals surface area contributed by atoms with Crippen LogP contribution in [0.3, 0.4) is 0 Å². The average molecular weight is 521 g/mol. The predicted molar refractivity (Wildman–Crippen MR) is 136 cm³/mol. The summed E-state index contributed by atoms with van der Waals surface area (Å²) < 4.78 is 26.2. The fourth-order valence-electron chi connectivity index (χ4n) is 4.78. The molecule has 0 spiro atoms. The van der Waals surface area contributed by atoms with Gasteiger partial charge in [-0.15, -0.1) is 0 Å². The Hall–Kier alpha value is -2.58. The number of hydrogen-bond acceptors (Lipinski definition) is 11. The van der Waals surface area contributed by atoms with Crippen LogP contribution < -0.4 is 16.8 Å². The Morgan fingerprint density at radius 3 is 2.68 bits per heavy atom. The van der Waals surface area contributed by atoms with Crippen LogP contribution in [0.2, 0.25) is 0 Å². The number of unbranched alkanes of at least 4 members (excludes halogenated alkanes) is 1. The van der Waals surface area contributed by atoms with Crippen LogP contribution in [-0.2, 0) is 18.9 Å². The van der Waals surface area contributed by atoms with E-state index in [1.54, 1.807) is 6.33 Å². The minimum Gasteiger partial charge on any atom is -0.444 e. The van der Waals surface area contributed by atoms with Crippen LogP contribution in [0.5, 0.6) is 0 Å². The molecule has 5 N–H and O–H groups in total. The summed E-state index contributed by atoms with van der Waals surface area (Å²) in [6, 6.07) is 0. The minimum atomic E-state index is -0.744. The van der Waals surface area contributed by atoms with E-state index in [-0.39, 0.29) is 18.3 Å². The summed E-state index contributed by atoms with van der Waals surface area (Å²) in [7, 11) is 0. The number of nitrogens with zero attached hydrogens (tertiary/aromatic N) is 5. The fraction of sp³-hybridized carbons (Fsp3) is 0.750. The van der Waals surface area contributed by atoms with E-state index in [1.165, 1.54) is 6.33 Å². The van der Waals surface area contributed by atoms with Crippen molar-refractivity contribution in [3.05, 3.63) is 12.7 Å². The highest BCUT2D eigenvalue weighted by molar-refractivity contribution is 5.81. The van der Waals surface area contributed by atoms with Crippen LogP contribution in [0.25, 0.3) is 11.2 Å². The molecular formula is C24H40N8O5. The van der Waals surface area contributed by atoms with E-state index in [9.17, 15) is 4.79 Å². The Morgan fingerprint density at radius 2 is 1.95 bits per heavy atom. The summed E-state index contributed by atoms with van der Waals surface area (Å²) in [5, 5.41) is 2.80. The van der Waals surface area contributed by atoms with Crippen molar-refractivity contribution in [1.29, 1.82) is 0 Å². The number of anilines is 1. The van der Waals surface area contributed by atoms with Crippen LogP contribution in [0.15, 0.2) is 12.7 Å². The van der Waals surface area contributed by atoms with Gasteiger partial charge in [0.05, 0.1) is 6.33 Å². The van der Waals surface area contributed by atoms with Gasteiger partial charge >= 0.3 is 6.09 Å². The normalized spacial score (nSPS) is 25.1. The molecule has 2 aromatic rings. The summed E-state index contributed by atoms with van der Waals surface area (Å²) in [6.45, 7) is 12.5. The number of carbonyl (C=O) groups excluding carboxylic acids is 1. The standard InChI is InChI=1S/C24H40N8O5/c1-23(2,3)37-22(33)27-9-6-7-10-31(11-8-25)12-15-17-18(36-24(4,5)35-17)21(34-15)32-14-30-16-19(26)28-13-29-20(16)32/h13-15,17-18,21H,6-12,25H2,1-5H3,(H,27,33)(H2,26,28,29)/t15-,17-,18-,21-/m1/s1. The maximum absolute atomic E-state index is 11.9. The van der Waals surface area contributed by atoms with Crippen LogP contribution in [0.1, 0.15) is 53.7 Å². The largest absolute Gasteiger partial charge is 0.444 e. The topological polar surface area (TPSA) is 165 Å². The number of hydrogen-bond donors (Lipinski definition) is 3. The van der Waals surface area contributed by atoms with Gasteiger partial charge in [-0.25, -0.2) is 19.7 Å². The Bertz CT molecular complexity index is 1070. The zero-order valence-corrected chi connectivity index (χ0v) is 22.3. The molecule has 4 heterocycles. The second kappa shape index (κ2) is 11.0. The van der Waals surface area contributed by atoms with Crippen molar-refractivity contribution in [2.45, 2.75) is 83.4 Å². The zero-order valence-electron chi connectivity index (χ0n) is 22.3. The molecule has 1 amide bonds. The molecular weight excluding hydrogens is 480 g/mol. The third-order valence-corrected chi connectivity index (χ3v) is 6.24. The number of imidazole rings is 1. The molecule has 0 saturated carbocycles. The zero-order chi connectivity index (χ0) is 26.8. The SMILES string of the molecule is CC(C)(C)OC(=O)NCCCCN(CCN)C[C@H]1O[C@@H](n2cnc3c(N)ncnc32)[C@@H]2OC(C)(C)O[C@@H]21. The van der Waals surface area contributed by atoms with Crippen LogP contribution in [0, 0.1) is 0 Å². The summed E-state index contributed by atoms with van der Waals surface area (Å²) in [6.07, 6.45) is 3.02. The molecule has 2 aliphatic rings. The minimum absolute atomic E-state index is 0.250. The Morgan fingerprint density at radius 1 is 1.19 bits per heavy atom. The number of rotatable bonds is 10. The monoisotopic (exact) mass is 520 g/mol. The maximum atomic E-state index is 11.9. The lowest BCUT2D eigenvalue weighted by atomic mass is 10.1. The van der Waals surface area contributed by atoms with Crippen molar-refractivity contribution >= 4 is 23.1 Å². The number of carbonyl (C=O) groups is 1. The van der Waals surface area contributed by atoms with Crippen molar-refractivity contribution < 1.29 is 23.7 Å². The van der Waals surface area contributed by atoms with E-state index in [4.69, 9.17) is 30.4 Å². The number of ether oxygens (including phenoxy) is 4. The van der Waals surface area contributed by atoms with E-state index >= 15 is 0 Å². The van der Waals surface area contributed by atoms with E-state index in [0.717, 1.165) is 19.4 Å². The van der Waals surface area contributed by atoms with Gasteiger partial charge in [-0.3, -0.25) is 9.47 Å². The molecule has 37 heavy (non-hydrogen) atoms. The van der Waals surface area contributed by atoms with E-state index < -0.39 is 23.7 Å². The van der Waals surface area contributed by atoms with Crippen molar-refractivity contribution in [3.8, 4) is 0 Å². The molecule has 4 atom stereocenters. The number of nitrogens with two attached hydrogens (primary N) is 2. The van der Waals surface area contributed by atoms with Crippen LogP contribution in [0.4, 0.5) is 10.6 Å². The predicted octanol–water partition coefficient (Wildman–Crippen LogP) is 1.39. The number of nitrogen functional groups attached to an aromatic ring is 1. The maximum Gasteiger partial charge on any atom is 0.407 e. The third kappa shape index (κ3) is 6.65. The molecule has 2 fully saturated rings. The third-order valence-electron chi connectivity index (χ3n) is 6.24. The molecule has 2 saturated heterocycles. The van der Waals surface area contributed by atoms with Crippen LogP contribution >= 0.6 is 0 Å². The lowest BCUT2D eigenvalue weighted by molar-refractivity contribution is -0.198. The molecule has 4 rings (SSSR count). The first kappa shape index (κ1) is 27.5. The molecule has 0 bridgehead atoms. The fourth-order valence-corrected chi connectivity index (χ4v) is 4.78. The highest BCUT2D eigenvalue weighted by Gasteiger charge is 2.56. The van der Waals surface area contributed by atoms with Crippen molar-refractivity contribution in [3.63, 3.8) is 0 Å². The molecule has 2 aromatic heterocycles. The van der Waals surface area contributed by atoms with Crippen molar-refractivity contribution in [1.82, 2.24) is 29.7 Å². The lowest BCUT2D eigenvalue weighted by Crippen LogP contribution is -2.42. The Labute approximate surface area is 217 Å². The number of alkyl carbamates (subject to hydrolysis) is 1. The van der Waals surface area contributed by atoms with Crippen LogP contribution in [-0.4, -0.2) is 92.9 Å². The van der Waals surface area contributed by atoms with Gasteiger partial charge in [0.2, 0.25) is 0 Å². The van der Waals surface area contributed by atoms with Crippen molar-refractivity contribution in [2.75, 3.05) is 38.5 Å². The molecule has 13 heteroatoms. The number of nitrogens with one attached hydrogen (secondary N) is 1. The van der Waals surface area contributed by atoms with Gasteiger partial charge in [0, 0.05) is 26.2 Å². The summed E-state index contributed by atoms with van der Waals surface area (Å²) >= 11 is 0. The molecule has 2 aliphatic heterocycles. The smallest absolute Gasteiger partial charge is 0.407 e. The molecule has 0 unspecified atom stereocenters. The summed E-state index contributed by atoms with van der Waals surface area (Å²) in [5.74, 6) is -0.430. The Kier molecular flexibility index (Phi) is 8.19. The quantitative estimate of drug-likeness (QED) is 0.388. The van der Waals surface area contributed by atoms with E-state index in [1.807, 2.05) is 39.2 Å². The second-order valence-corrected chi connectivity index (χ2v) is 10.9. The molecule has 0 aromatic carbocycles.